The van der Waals surface area contributed by atoms with Gasteiger partial charge in [-0.1, -0.05) is 0 Å². The minimum atomic E-state index is -0.0534. The van der Waals surface area contributed by atoms with Crippen LogP contribution in [0.3, 0.4) is 0 Å². The minimum Gasteiger partial charge on any atom is -0.388 e. The molecule has 0 bridgehead atoms. The zero-order valence-corrected chi connectivity index (χ0v) is 12.8. The molecule has 20 heavy (non-hydrogen) atoms. The van der Waals surface area contributed by atoms with E-state index in [1.807, 2.05) is 9.25 Å². The van der Waals surface area contributed by atoms with Gasteiger partial charge in [0, 0.05) is 18.6 Å². The molecular formula is C13H22N4O2S. The number of rotatable bonds is 4. The lowest BCUT2D eigenvalue weighted by Gasteiger charge is -2.37. The summed E-state index contributed by atoms with van der Waals surface area (Å²) in [5, 5.41) is 13.9. The van der Waals surface area contributed by atoms with Crippen molar-refractivity contribution in [3.05, 3.63) is 10.6 Å². The van der Waals surface area contributed by atoms with Crippen LogP contribution in [0.15, 0.2) is 0 Å². The summed E-state index contributed by atoms with van der Waals surface area (Å²) < 4.78 is 10.2. The lowest BCUT2D eigenvalue weighted by atomic mass is 10.1. The van der Waals surface area contributed by atoms with Crippen LogP contribution in [-0.4, -0.2) is 49.7 Å². The van der Waals surface area contributed by atoms with Gasteiger partial charge in [0.25, 0.3) is 0 Å². The molecule has 0 amide bonds. The lowest BCUT2D eigenvalue weighted by molar-refractivity contribution is -0.0681. The largest absolute Gasteiger partial charge is 0.388 e. The van der Waals surface area contributed by atoms with Gasteiger partial charge in [-0.15, -0.1) is 0 Å². The first-order chi connectivity index (χ1) is 9.61. The highest BCUT2D eigenvalue weighted by molar-refractivity contribution is 7.71. The number of aliphatic hydroxyl groups is 1. The average molecular weight is 298 g/mol. The fraction of sp³-hybridized carbons (Fsp3) is 0.846. The second-order valence-electron chi connectivity index (χ2n) is 5.73. The molecule has 2 fully saturated rings. The van der Waals surface area contributed by atoms with Gasteiger partial charge in [-0.3, -0.25) is 9.47 Å². The normalized spacial score (nSPS) is 27.9. The van der Waals surface area contributed by atoms with Crippen LogP contribution in [0.5, 0.6) is 0 Å². The topological polar surface area (TPSA) is 55.4 Å². The Bertz CT molecular complexity index is 537. The molecule has 2 aliphatic rings. The van der Waals surface area contributed by atoms with Gasteiger partial charge in [0.2, 0.25) is 0 Å². The van der Waals surface area contributed by atoms with Crippen molar-refractivity contribution < 1.29 is 9.84 Å². The molecule has 1 aliphatic carbocycles. The van der Waals surface area contributed by atoms with Crippen molar-refractivity contribution in [1.82, 2.24) is 19.2 Å². The maximum absolute atomic E-state index is 9.46. The highest BCUT2D eigenvalue weighted by Crippen LogP contribution is 2.36. The quantitative estimate of drug-likeness (QED) is 0.849. The van der Waals surface area contributed by atoms with Gasteiger partial charge < -0.3 is 9.84 Å². The van der Waals surface area contributed by atoms with E-state index < -0.39 is 0 Å². The van der Waals surface area contributed by atoms with E-state index in [0.29, 0.717) is 24.6 Å². The lowest BCUT2D eigenvalue weighted by Crippen LogP contribution is -2.49. The summed E-state index contributed by atoms with van der Waals surface area (Å²) in [5.41, 5.74) is 0. The van der Waals surface area contributed by atoms with Gasteiger partial charge in [0.15, 0.2) is 10.6 Å². The van der Waals surface area contributed by atoms with E-state index in [4.69, 9.17) is 17.0 Å². The zero-order chi connectivity index (χ0) is 14.3. The highest BCUT2D eigenvalue weighted by Gasteiger charge is 2.30. The SMILES string of the molecule is CC1OCCN(Cn2nc(CO)n(C3CC3)c2=S)C1C. The Balaban J connectivity index is 1.82. The Morgan fingerprint density at radius 3 is 2.80 bits per heavy atom. The first-order valence-corrected chi connectivity index (χ1v) is 7.67. The molecule has 0 radical (unpaired) electrons. The summed E-state index contributed by atoms with van der Waals surface area (Å²) in [7, 11) is 0. The van der Waals surface area contributed by atoms with Crippen molar-refractivity contribution >= 4 is 12.2 Å². The summed E-state index contributed by atoms with van der Waals surface area (Å²) >= 11 is 5.53. The number of aromatic nitrogens is 3. The van der Waals surface area contributed by atoms with E-state index >= 15 is 0 Å². The van der Waals surface area contributed by atoms with Crippen LogP contribution >= 0.6 is 12.2 Å². The average Bonchev–Trinajstić information content (AvgIpc) is 3.21. The van der Waals surface area contributed by atoms with Gasteiger partial charge in [0.05, 0.1) is 19.4 Å². The van der Waals surface area contributed by atoms with Crippen LogP contribution in [0.2, 0.25) is 0 Å². The van der Waals surface area contributed by atoms with Gasteiger partial charge in [-0.25, -0.2) is 4.68 Å². The number of hydrogen-bond acceptors (Lipinski definition) is 5. The highest BCUT2D eigenvalue weighted by atomic mass is 32.1. The molecule has 6 nitrogen and oxygen atoms in total. The molecule has 1 aliphatic heterocycles. The third-order valence-electron chi connectivity index (χ3n) is 4.32. The Labute approximate surface area is 123 Å². The minimum absolute atomic E-state index is 0.0534. The third-order valence-corrected chi connectivity index (χ3v) is 4.73. The third kappa shape index (κ3) is 2.55. The van der Waals surface area contributed by atoms with Crippen LogP contribution in [0.1, 0.15) is 38.6 Å². The molecule has 7 heteroatoms. The predicted molar refractivity (Wildman–Crippen MR) is 76.8 cm³/mol. The van der Waals surface area contributed by atoms with Crippen LogP contribution in [0, 0.1) is 4.77 Å². The smallest absolute Gasteiger partial charge is 0.199 e. The van der Waals surface area contributed by atoms with E-state index in [2.05, 4.69) is 23.8 Å². The van der Waals surface area contributed by atoms with Crippen LogP contribution in [-0.2, 0) is 18.0 Å². The van der Waals surface area contributed by atoms with Crippen molar-refractivity contribution in [2.75, 3.05) is 13.2 Å². The molecular weight excluding hydrogens is 276 g/mol. The van der Waals surface area contributed by atoms with Crippen LogP contribution in [0.25, 0.3) is 0 Å². The molecule has 1 N–H and O–H groups in total. The van der Waals surface area contributed by atoms with E-state index in [1.165, 1.54) is 0 Å². The molecule has 112 valence electrons. The molecule has 2 heterocycles. The zero-order valence-electron chi connectivity index (χ0n) is 12.0. The Kier molecular flexibility index (Phi) is 3.94. The predicted octanol–water partition coefficient (Wildman–Crippen LogP) is 1.31. The molecule has 0 spiro atoms. The first kappa shape index (κ1) is 14.2. The van der Waals surface area contributed by atoms with Crippen molar-refractivity contribution in [1.29, 1.82) is 0 Å². The standard InChI is InChI=1S/C13H22N4O2S/c1-9-10(2)19-6-5-15(9)8-16-13(20)17(11-3-4-11)12(7-18)14-16/h9-11,18H,3-8H2,1-2H3. The van der Waals surface area contributed by atoms with E-state index in [1.54, 1.807) is 0 Å². The van der Waals surface area contributed by atoms with E-state index in [9.17, 15) is 5.11 Å². The fourth-order valence-electron chi connectivity index (χ4n) is 2.73. The number of aliphatic hydroxyl groups excluding tert-OH is 1. The summed E-state index contributed by atoms with van der Waals surface area (Å²) in [6.45, 7) is 6.51. The number of ether oxygens (including phenoxy) is 1. The molecule has 1 saturated heterocycles. The van der Waals surface area contributed by atoms with E-state index in [0.717, 1.165) is 30.8 Å². The summed E-state index contributed by atoms with van der Waals surface area (Å²) in [6, 6.07) is 0.786. The fourth-order valence-corrected chi connectivity index (χ4v) is 3.08. The van der Waals surface area contributed by atoms with Crippen LogP contribution in [0.4, 0.5) is 0 Å². The maximum atomic E-state index is 9.46. The number of morpholine rings is 1. The molecule has 2 atom stereocenters. The Morgan fingerprint density at radius 1 is 1.40 bits per heavy atom. The van der Waals surface area contributed by atoms with Crippen molar-refractivity contribution in [2.45, 2.75) is 58.2 Å². The number of nitrogens with zero attached hydrogens (tertiary/aromatic N) is 4. The molecule has 1 saturated carbocycles. The second-order valence-corrected chi connectivity index (χ2v) is 6.09. The molecule has 0 aromatic carbocycles. The monoisotopic (exact) mass is 298 g/mol. The maximum Gasteiger partial charge on any atom is 0.199 e. The van der Waals surface area contributed by atoms with Gasteiger partial charge in [-0.2, -0.15) is 5.10 Å². The van der Waals surface area contributed by atoms with Gasteiger partial charge in [0.1, 0.15) is 6.61 Å². The molecule has 1 aromatic rings. The molecule has 2 unspecified atom stereocenters. The Morgan fingerprint density at radius 2 is 2.15 bits per heavy atom. The van der Waals surface area contributed by atoms with Gasteiger partial charge >= 0.3 is 0 Å². The van der Waals surface area contributed by atoms with Gasteiger partial charge in [-0.05, 0) is 38.9 Å². The second kappa shape index (κ2) is 5.55. The summed E-state index contributed by atoms with van der Waals surface area (Å²) in [6.07, 6.45) is 2.50. The van der Waals surface area contributed by atoms with E-state index in [-0.39, 0.29) is 12.7 Å². The van der Waals surface area contributed by atoms with Crippen LogP contribution < -0.4 is 0 Å². The van der Waals surface area contributed by atoms with Crippen molar-refractivity contribution in [3.63, 3.8) is 0 Å². The molecule has 1 aromatic heterocycles. The Hall–Kier alpha value is -0.760. The van der Waals surface area contributed by atoms with Crippen molar-refractivity contribution in [2.24, 2.45) is 0 Å². The summed E-state index contributed by atoms with van der Waals surface area (Å²) in [4.78, 5) is 2.33. The van der Waals surface area contributed by atoms with Crippen molar-refractivity contribution in [3.8, 4) is 0 Å². The summed E-state index contributed by atoms with van der Waals surface area (Å²) in [5.74, 6) is 0.687. The first-order valence-electron chi connectivity index (χ1n) is 7.26. The molecule has 3 rings (SSSR count). The number of hydrogen-bond donors (Lipinski definition) is 1.